The number of rotatable bonds is 11. The Morgan fingerprint density at radius 3 is 2.60 bits per heavy atom. The Morgan fingerprint density at radius 1 is 1.14 bits per heavy atom. The first-order valence-corrected chi connectivity index (χ1v) is 11.0. The lowest BCUT2D eigenvalue weighted by molar-refractivity contribution is 0.0696. The van der Waals surface area contributed by atoms with Crippen molar-refractivity contribution in [2.24, 2.45) is 0 Å². The average molecular weight is 484 g/mol. The third kappa shape index (κ3) is 5.90. The number of aromatic carboxylic acids is 1. The van der Waals surface area contributed by atoms with Crippen LogP contribution in [0.1, 0.15) is 39.8 Å². The summed E-state index contributed by atoms with van der Waals surface area (Å²) in [6.45, 7) is 3.83. The van der Waals surface area contributed by atoms with Crippen molar-refractivity contribution in [2.75, 3.05) is 32.7 Å². The van der Waals surface area contributed by atoms with E-state index in [0.717, 1.165) is 0 Å². The van der Waals surface area contributed by atoms with Crippen LogP contribution in [0.15, 0.2) is 36.4 Å². The summed E-state index contributed by atoms with van der Waals surface area (Å²) in [5.41, 5.74) is 7.40. The van der Waals surface area contributed by atoms with Crippen molar-refractivity contribution in [3.8, 4) is 17.2 Å². The highest BCUT2D eigenvalue weighted by molar-refractivity contribution is 6.06. The number of nitrogens with one attached hydrogen (secondary N) is 1. The second-order valence-electron chi connectivity index (χ2n) is 7.92. The Kier molecular flexibility index (Phi) is 8.32. The Balaban J connectivity index is 1.70. The second kappa shape index (κ2) is 11.4. The molecule has 1 atom stereocenters. The Bertz CT molecular complexity index is 1230. The minimum absolute atomic E-state index is 0.0189. The van der Waals surface area contributed by atoms with E-state index in [1.165, 1.54) is 7.11 Å². The number of hydrogen-bond donors (Lipinski definition) is 4. The molecule has 0 aliphatic carbocycles. The molecule has 0 aliphatic rings. The molecule has 0 bridgehead atoms. The van der Waals surface area contributed by atoms with Crippen molar-refractivity contribution < 1.29 is 34.0 Å². The molecular formula is C25H29N3O7. The van der Waals surface area contributed by atoms with E-state index in [4.69, 9.17) is 25.1 Å². The van der Waals surface area contributed by atoms with Crippen LogP contribution in [0.25, 0.3) is 10.9 Å². The number of carbonyl (C=O) groups is 2. The van der Waals surface area contributed by atoms with E-state index in [1.54, 1.807) is 50.2 Å². The van der Waals surface area contributed by atoms with Crippen molar-refractivity contribution in [3.63, 3.8) is 0 Å². The number of carbonyl (C=O) groups excluding carboxylic acids is 1. The van der Waals surface area contributed by atoms with Crippen molar-refractivity contribution in [1.82, 2.24) is 10.3 Å². The number of benzene rings is 2. The number of methoxy groups -OCH3 is 1. The van der Waals surface area contributed by atoms with E-state index < -0.39 is 5.97 Å². The minimum atomic E-state index is -1.16. The summed E-state index contributed by atoms with van der Waals surface area (Å²) in [5.74, 6) is -0.230. The lowest BCUT2D eigenvalue weighted by Crippen LogP contribution is -2.36. The molecule has 5 N–H and O–H groups in total. The first kappa shape index (κ1) is 25.6. The number of aromatic nitrogens is 1. The maximum absolute atomic E-state index is 12.7. The first-order chi connectivity index (χ1) is 16.8. The topological polar surface area (TPSA) is 153 Å². The summed E-state index contributed by atoms with van der Waals surface area (Å²) < 4.78 is 16.8. The Hall–Kier alpha value is -4.05. The molecule has 0 aliphatic heterocycles. The summed E-state index contributed by atoms with van der Waals surface area (Å²) in [5, 5.41) is 21.7. The number of aliphatic hydroxyl groups excluding tert-OH is 1. The Morgan fingerprint density at radius 2 is 1.91 bits per heavy atom. The molecule has 0 unspecified atom stereocenters. The molecule has 0 fully saturated rings. The van der Waals surface area contributed by atoms with Crippen molar-refractivity contribution >= 4 is 28.5 Å². The highest BCUT2D eigenvalue weighted by Gasteiger charge is 2.20. The van der Waals surface area contributed by atoms with Gasteiger partial charge in [-0.05, 0) is 44.2 Å². The number of fused-ring (bicyclic) bond motifs is 1. The van der Waals surface area contributed by atoms with Crippen LogP contribution in [-0.2, 0) is 0 Å². The second-order valence-corrected chi connectivity index (χ2v) is 7.92. The number of nitrogens with two attached hydrogens (primary N) is 1. The highest BCUT2D eigenvalue weighted by atomic mass is 16.5. The quantitative estimate of drug-likeness (QED) is 0.301. The number of ether oxygens (including phenoxy) is 3. The number of nitrogens with zero attached hydrogens (tertiary/aromatic N) is 1. The molecule has 10 heteroatoms. The van der Waals surface area contributed by atoms with Gasteiger partial charge in [-0.3, -0.25) is 9.78 Å². The molecule has 0 spiro atoms. The Labute approximate surface area is 202 Å². The van der Waals surface area contributed by atoms with Crippen molar-refractivity contribution in [3.05, 3.63) is 53.2 Å². The third-order valence-corrected chi connectivity index (χ3v) is 5.26. The summed E-state index contributed by atoms with van der Waals surface area (Å²) in [6.07, 6.45) is 0.485. The summed E-state index contributed by atoms with van der Waals surface area (Å²) >= 11 is 0. The highest BCUT2D eigenvalue weighted by Crippen LogP contribution is 2.33. The van der Waals surface area contributed by atoms with Crippen LogP contribution in [0.2, 0.25) is 0 Å². The maximum atomic E-state index is 12.7. The van der Waals surface area contributed by atoms with E-state index in [2.05, 4.69) is 10.3 Å². The smallest absolute Gasteiger partial charge is 0.339 e. The lowest BCUT2D eigenvalue weighted by atomic mass is 10.1. The molecule has 3 aromatic rings. The van der Waals surface area contributed by atoms with Crippen LogP contribution < -0.4 is 25.3 Å². The van der Waals surface area contributed by atoms with Crippen LogP contribution in [0.5, 0.6) is 17.2 Å². The molecule has 1 amide bonds. The van der Waals surface area contributed by atoms with E-state index in [1.807, 2.05) is 0 Å². The molecule has 1 heterocycles. The molecule has 1 aromatic heterocycles. The van der Waals surface area contributed by atoms with E-state index in [-0.39, 0.29) is 36.4 Å². The van der Waals surface area contributed by atoms with E-state index in [9.17, 15) is 14.7 Å². The van der Waals surface area contributed by atoms with Gasteiger partial charge < -0.3 is 35.5 Å². The summed E-state index contributed by atoms with van der Waals surface area (Å²) in [7, 11) is 1.48. The van der Waals surface area contributed by atoms with Gasteiger partial charge in [0.05, 0.1) is 42.0 Å². The number of aliphatic hydroxyl groups is 1. The number of anilines is 1. The predicted molar refractivity (Wildman–Crippen MR) is 130 cm³/mol. The van der Waals surface area contributed by atoms with Gasteiger partial charge in [0.15, 0.2) is 11.5 Å². The number of aryl methyl sites for hydroxylation is 1. The van der Waals surface area contributed by atoms with Crippen LogP contribution in [0, 0.1) is 6.92 Å². The lowest BCUT2D eigenvalue weighted by Gasteiger charge is -2.18. The zero-order chi connectivity index (χ0) is 25.5. The standard InChI is InChI=1S/C25H29N3O7/c1-14(27-24(30)16-8-9-18(20(12-16)33-3)34-11-5-10-29)13-35-19-7-4-6-17-22(19)23(26)21(25(31)32)15(2)28-17/h4,6-9,12,14,29H,5,10-11,13H2,1-3H3,(H2,26,28)(H,27,30)(H,31,32)/t14-/m0/s1. The van der Waals surface area contributed by atoms with Gasteiger partial charge in [-0.1, -0.05) is 6.07 Å². The summed E-state index contributed by atoms with van der Waals surface area (Å²) in [4.78, 5) is 28.7. The fourth-order valence-electron chi connectivity index (χ4n) is 3.57. The van der Waals surface area contributed by atoms with Gasteiger partial charge in [-0.15, -0.1) is 0 Å². The normalized spacial score (nSPS) is 11.7. The van der Waals surface area contributed by atoms with Crippen LogP contribution >= 0.6 is 0 Å². The van der Waals surface area contributed by atoms with Crippen molar-refractivity contribution in [1.29, 1.82) is 0 Å². The van der Waals surface area contributed by atoms with E-state index in [0.29, 0.717) is 52.4 Å². The van der Waals surface area contributed by atoms with Gasteiger partial charge in [0.25, 0.3) is 5.91 Å². The number of amides is 1. The van der Waals surface area contributed by atoms with Gasteiger partial charge >= 0.3 is 5.97 Å². The number of hydrogen-bond acceptors (Lipinski definition) is 8. The van der Waals surface area contributed by atoms with E-state index >= 15 is 0 Å². The predicted octanol–water partition coefficient (Wildman–Crippen LogP) is 2.79. The number of carboxylic acids is 1. The van der Waals surface area contributed by atoms with Crippen LogP contribution in [0.3, 0.4) is 0 Å². The monoisotopic (exact) mass is 483 g/mol. The molecule has 2 aromatic carbocycles. The SMILES string of the molecule is COc1cc(C(=O)N[C@@H](C)COc2cccc3nc(C)c(C(=O)O)c(N)c23)ccc1OCCCO. The summed E-state index contributed by atoms with van der Waals surface area (Å²) in [6, 6.07) is 9.59. The molecule has 10 nitrogen and oxygen atoms in total. The van der Waals surface area contributed by atoms with Gasteiger partial charge in [-0.25, -0.2) is 4.79 Å². The fraction of sp³-hybridized carbons (Fsp3) is 0.320. The molecule has 0 saturated carbocycles. The zero-order valence-corrected chi connectivity index (χ0v) is 19.8. The molecular weight excluding hydrogens is 454 g/mol. The first-order valence-electron chi connectivity index (χ1n) is 11.0. The molecule has 3 rings (SSSR count). The number of nitrogen functional groups attached to an aromatic ring is 1. The van der Waals surface area contributed by atoms with Gasteiger partial charge in [-0.2, -0.15) is 0 Å². The molecule has 35 heavy (non-hydrogen) atoms. The maximum Gasteiger partial charge on any atom is 0.339 e. The van der Waals surface area contributed by atoms with Crippen molar-refractivity contribution in [2.45, 2.75) is 26.3 Å². The third-order valence-electron chi connectivity index (χ3n) is 5.26. The van der Waals surface area contributed by atoms with Crippen LogP contribution in [0.4, 0.5) is 5.69 Å². The molecule has 0 radical (unpaired) electrons. The largest absolute Gasteiger partial charge is 0.493 e. The average Bonchev–Trinajstić information content (AvgIpc) is 2.82. The zero-order valence-electron chi connectivity index (χ0n) is 19.8. The van der Waals surface area contributed by atoms with Gasteiger partial charge in [0.1, 0.15) is 17.9 Å². The van der Waals surface area contributed by atoms with Gasteiger partial charge in [0.2, 0.25) is 0 Å². The minimum Gasteiger partial charge on any atom is -0.493 e. The van der Waals surface area contributed by atoms with Crippen LogP contribution in [-0.4, -0.2) is 60.0 Å². The molecule has 0 saturated heterocycles. The van der Waals surface area contributed by atoms with Gasteiger partial charge in [0, 0.05) is 18.6 Å². The molecule has 186 valence electrons. The number of carboxylic acid groups (broad SMARTS) is 1. The fourth-order valence-corrected chi connectivity index (χ4v) is 3.57. The number of pyridine rings is 1.